The van der Waals surface area contributed by atoms with Crippen LogP contribution in [0.4, 0.5) is 5.69 Å². The predicted octanol–water partition coefficient (Wildman–Crippen LogP) is 4.14. The predicted molar refractivity (Wildman–Crippen MR) is 98.5 cm³/mol. The van der Waals surface area contributed by atoms with Crippen molar-refractivity contribution in [2.45, 2.75) is 26.9 Å². The van der Waals surface area contributed by atoms with E-state index >= 15 is 0 Å². The van der Waals surface area contributed by atoms with E-state index in [-0.39, 0.29) is 5.91 Å². The molecule has 0 radical (unpaired) electrons. The van der Waals surface area contributed by atoms with Crippen molar-refractivity contribution in [2.75, 3.05) is 19.0 Å². The smallest absolute Gasteiger partial charge is 0.265 e. The molecule has 0 saturated heterocycles. The molecule has 0 aliphatic carbocycles. The maximum Gasteiger partial charge on any atom is 0.265 e. The molecule has 0 aliphatic heterocycles. The average molecular weight is 343 g/mol. The summed E-state index contributed by atoms with van der Waals surface area (Å²) in [6, 6.07) is 14.6. The number of para-hydroxylation sites is 2. The highest BCUT2D eigenvalue weighted by atomic mass is 16.5. The van der Waals surface area contributed by atoms with Crippen molar-refractivity contribution < 1.29 is 19.0 Å². The Bertz CT molecular complexity index is 700. The van der Waals surface area contributed by atoms with Gasteiger partial charge in [-0.3, -0.25) is 4.79 Å². The highest BCUT2D eigenvalue weighted by Crippen LogP contribution is 2.27. The summed E-state index contributed by atoms with van der Waals surface area (Å²) >= 11 is 0. The van der Waals surface area contributed by atoms with E-state index in [2.05, 4.69) is 19.2 Å². The van der Waals surface area contributed by atoms with E-state index in [1.807, 2.05) is 30.3 Å². The molecule has 0 bridgehead atoms. The summed E-state index contributed by atoms with van der Waals surface area (Å²) in [4.78, 5) is 12.4. The first-order chi connectivity index (χ1) is 12.0. The van der Waals surface area contributed by atoms with Gasteiger partial charge >= 0.3 is 0 Å². The number of carbonyl (C=O) groups is 1. The number of rotatable bonds is 8. The van der Waals surface area contributed by atoms with Crippen LogP contribution in [-0.2, 0) is 4.79 Å². The minimum absolute atomic E-state index is 0.244. The lowest BCUT2D eigenvalue weighted by molar-refractivity contribution is -0.122. The van der Waals surface area contributed by atoms with Gasteiger partial charge in [-0.05, 0) is 37.1 Å². The number of anilines is 1. The van der Waals surface area contributed by atoms with E-state index in [4.69, 9.17) is 14.2 Å². The molecule has 0 spiro atoms. The van der Waals surface area contributed by atoms with Gasteiger partial charge in [0, 0.05) is 11.8 Å². The minimum Gasteiger partial charge on any atom is -0.493 e. The fraction of sp³-hybridized carbons (Fsp3) is 0.350. The van der Waals surface area contributed by atoms with Gasteiger partial charge in [0.25, 0.3) is 5.91 Å². The number of carbonyl (C=O) groups excluding carboxylic acids is 1. The quantitative estimate of drug-likeness (QED) is 0.783. The van der Waals surface area contributed by atoms with E-state index in [1.54, 1.807) is 32.2 Å². The standard InChI is InChI=1S/C20H25NO4/c1-14(2)13-24-17-9-7-8-16(12-17)21-20(22)15(3)25-19-11-6-5-10-18(19)23-4/h5-12,14-15H,13H2,1-4H3,(H,21,22). The number of methoxy groups -OCH3 is 1. The zero-order chi connectivity index (χ0) is 18.2. The molecule has 0 heterocycles. The molecule has 0 saturated carbocycles. The molecule has 1 amide bonds. The molecule has 0 aliphatic rings. The molecule has 134 valence electrons. The summed E-state index contributed by atoms with van der Waals surface area (Å²) in [7, 11) is 1.57. The molecule has 0 aromatic heterocycles. The van der Waals surface area contributed by atoms with Gasteiger partial charge in [-0.25, -0.2) is 0 Å². The average Bonchev–Trinajstić information content (AvgIpc) is 2.60. The zero-order valence-corrected chi connectivity index (χ0v) is 15.1. The summed E-state index contributed by atoms with van der Waals surface area (Å²) < 4.78 is 16.6. The van der Waals surface area contributed by atoms with Gasteiger partial charge in [0.15, 0.2) is 17.6 Å². The summed E-state index contributed by atoms with van der Waals surface area (Å²) in [5.74, 6) is 2.04. The molecule has 2 aromatic rings. The second-order valence-corrected chi connectivity index (χ2v) is 6.13. The number of hydrogen-bond acceptors (Lipinski definition) is 4. The zero-order valence-electron chi connectivity index (χ0n) is 15.1. The van der Waals surface area contributed by atoms with Gasteiger partial charge in [-0.15, -0.1) is 0 Å². The van der Waals surface area contributed by atoms with E-state index in [1.165, 1.54) is 0 Å². The van der Waals surface area contributed by atoms with Crippen molar-refractivity contribution in [1.82, 2.24) is 0 Å². The SMILES string of the molecule is COc1ccccc1OC(C)C(=O)Nc1cccc(OCC(C)C)c1. The Labute approximate surface area is 148 Å². The third-order valence-electron chi connectivity index (χ3n) is 3.43. The lowest BCUT2D eigenvalue weighted by Gasteiger charge is -2.17. The Hall–Kier alpha value is -2.69. The van der Waals surface area contributed by atoms with Crippen LogP contribution < -0.4 is 19.5 Å². The van der Waals surface area contributed by atoms with E-state index in [0.29, 0.717) is 29.7 Å². The summed E-state index contributed by atoms with van der Waals surface area (Å²) in [5.41, 5.74) is 0.668. The molecule has 5 nitrogen and oxygen atoms in total. The van der Waals surface area contributed by atoms with Crippen molar-refractivity contribution in [3.63, 3.8) is 0 Å². The molecule has 2 aromatic carbocycles. The number of hydrogen-bond donors (Lipinski definition) is 1. The lowest BCUT2D eigenvalue weighted by Crippen LogP contribution is -2.30. The Morgan fingerprint density at radius 1 is 1.04 bits per heavy atom. The van der Waals surface area contributed by atoms with Gasteiger partial charge in [0.1, 0.15) is 5.75 Å². The van der Waals surface area contributed by atoms with Gasteiger partial charge in [0.2, 0.25) is 0 Å². The van der Waals surface area contributed by atoms with Crippen LogP contribution in [0, 0.1) is 5.92 Å². The fourth-order valence-corrected chi connectivity index (χ4v) is 2.13. The molecule has 1 N–H and O–H groups in total. The third kappa shape index (κ3) is 5.71. The van der Waals surface area contributed by atoms with E-state index < -0.39 is 6.10 Å². The normalized spacial score (nSPS) is 11.7. The number of benzene rings is 2. The van der Waals surface area contributed by atoms with Gasteiger partial charge in [-0.1, -0.05) is 32.0 Å². The van der Waals surface area contributed by atoms with Gasteiger partial charge in [-0.2, -0.15) is 0 Å². The molecule has 25 heavy (non-hydrogen) atoms. The van der Waals surface area contributed by atoms with Crippen LogP contribution in [0.1, 0.15) is 20.8 Å². The highest BCUT2D eigenvalue weighted by molar-refractivity contribution is 5.94. The summed E-state index contributed by atoms with van der Waals surface area (Å²) in [6.45, 7) is 6.50. The van der Waals surface area contributed by atoms with Gasteiger partial charge < -0.3 is 19.5 Å². The maximum atomic E-state index is 12.4. The van der Waals surface area contributed by atoms with Crippen LogP contribution >= 0.6 is 0 Å². The van der Waals surface area contributed by atoms with Crippen molar-refractivity contribution in [1.29, 1.82) is 0 Å². The molecule has 1 unspecified atom stereocenters. The fourth-order valence-electron chi connectivity index (χ4n) is 2.13. The van der Waals surface area contributed by atoms with Crippen molar-refractivity contribution in [2.24, 2.45) is 5.92 Å². The maximum absolute atomic E-state index is 12.4. The van der Waals surface area contributed by atoms with E-state index in [9.17, 15) is 4.79 Å². The minimum atomic E-state index is -0.670. The van der Waals surface area contributed by atoms with Crippen LogP contribution in [0.25, 0.3) is 0 Å². The number of amides is 1. The molecular weight excluding hydrogens is 318 g/mol. The van der Waals surface area contributed by atoms with Crippen LogP contribution in [-0.4, -0.2) is 25.7 Å². The first kappa shape index (κ1) is 18.6. The van der Waals surface area contributed by atoms with Gasteiger partial charge in [0.05, 0.1) is 13.7 Å². The van der Waals surface area contributed by atoms with E-state index in [0.717, 1.165) is 5.75 Å². The topological polar surface area (TPSA) is 56.8 Å². The lowest BCUT2D eigenvalue weighted by atomic mass is 10.2. The van der Waals surface area contributed by atoms with Crippen LogP contribution in [0.2, 0.25) is 0 Å². The second-order valence-electron chi connectivity index (χ2n) is 6.13. The van der Waals surface area contributed by atoms with Crippen LogP contribution in [0.15, 0.2) is 48.5 Å². The number of nitrogens with one attached hydrogen (secondary N) is 1. The summed E-state index contributed by atoms with van der Waals surface area (Å²) in [6.07, 6.45) is -0.670. The Kier molecular flexibility index (Phi) is 6.69. The summed E-state index contributed by atoms with van der Waals surface area (Å²) in [5, 5.41) is 2.84. The van der Waals surface area contributed by atoms with Crippen LogP contribution in [0.5, 0.6) is 17.2 Å². The molecule has 1 atom stereocenters. The molecule has 0 fully saturated rings. The van der Waals surface area contributed by atoms with Crippen molar-refractivity contribution in [3.05, 3.63) is 48.5 Å². The first-order valence-corrected chi connectivity index (χ1v) is 8.33. The Morgan fingerprint density at radius 2 is 1.76 bits per heavy atom. The third-order valence-corrected chi connectivity index (χ3v) is 3.43. The molecule has 5 heteroatoms. The van der Waals surface area contributed by atoms with Crippen LogP contribution in [0.3, 0.4) is 0 Å². The Balaban J connectivity index is 1.98. The molecule has 2 rings (SSSR count). The van der Waals surface area contributed by atoms with Crippen molar-refractivity contribution >= 4 is 11.6 Å². The highest BCUT2D eigenvalue weighted by Gasteiger charge is 2.17. The largest absolute Gasteiger partial charge is 0.493 e. The molecular formula is C20H25NO4. The monoisotopic (exact) mass is 343 g/mol. The first-order valence-electron chi connectivity index (χ1n) is 8.33. The Morgan fingerprint density at radius 3 is 2.44 bits per heavy atom. The second kappa shape index (κ2) is 8.97. The number of ether oxygens (including phenoxy) is 3. The van der Waals surface area contributed by atoms with Crippen molar-refractivity contribution in [3.8, 4) is 17.2 Å².